The van der Waals surface area contributed by atoms with Crippen LogP contribution in [-0.2, 0) is 16.1 Å². The summed E-state index contributed by atoms with van der Waals surface area (Å²) in [5.41, 5.74) is 1.60. The second-order valence-corrected chi connectivity index (χ2v) is 8.91. The summed E-state index contributed by atoms with van der Waals surface area (Å²) >= 11 is 0. The Morgan fingerprint density at radius 3 is 2.52 bits per heavy atom. The van der Waals surface area contributed by atoms with Gasteiger partial charge in [0.1, 0.15) is 6.07 Å². The lowest BCUT2D eigenvalue weighted by Gasteiger charge is -2.51. The van der Waals surface area contributed by atoms with Crippen LogP contribution in [0.5, 0.6) is 0 Å². The van der Waals surface area contributed by atoms with Crippen LogP contribution >= 0.6 is 0 Å². The first-order chi connectivity index (χ1) is 16.1. The molecule has 2 aliphatic rings. The number of ether oxygens (including phenoxy) is 1. The zero-order valence-electron chi connectivity index (χ0n) is 19.4. The Labute approximate surface area is 196 Å². The number of aromatic nitrogens is 1. The Hall–Kier alpha value is -2.79. The van der Waals surface area contributed by atoms with Crippen LogP contribution in [-0.4, -0.2) is 72.2 Å². The van der Waals surface area contributed by atoms with Crippen molar-refractivity contribution in [2.45, 2.75) is 38.3 Å². The number of rotatable bonds is 7. The Kier molecular flexibility index (Phi) is 7.71. The minimum Gasteiger partial charge on any atom is -0.381 e. The summed E-state index contributed by atoms with van der Waals surface area (Å²) in [5.74, 6) is 0.471. The van der Waals surface area contributed by atoms with E-state index in [1.807, 2.05) is 6.92 Å². The van der Waals surface area contributed by atoms with Gasteiger partial charge in [0.2, 0.25) is 5.91 Å². The molecule has 0 bridgehead atoms. The van der Waals surface area contributed by atoms with Crippen molar-refractivity contribution in [2.75, 3.05) is 50.8 Å². The molecule has 1 aromatic carbocycles. The predicted molar refractivity (Wildman–Crippen MR) is 128 cm³/mol. The van der Waals surface area contributed by atoms with E-state index in [1.54, 1.807) is 23.2 Å². The van der Waals surface area contributed by atoms with Crippen LogP contribution in [0, 0.1) is 11.3 Å². The highest BCUT2D eigenvalue weighted by Crippen LogP contribution is 2.32. The van der Waals surface area contributed by atoms with E-state index in [1.165, 1.54) is 5.56 Å². The van der Waals surface area contributed by atoms with Gasteiger partial charge in [-0.1, -0.05) is 37.3 Å². The van der Waals surface area contributed by atoms with Crippen LogP contribution in [0.3, 0.4) is 0 Å². The molecule has 7 heteroatoms. The SMILES string of the molecule is CCC(=O)N(CC1(N2CCN(Cc3ccccc3)CC2)CCOCC1)c1ncccc1C#N. The number of carbonyl (C=O) groups is 1. The molecule has 33 heavy (non-hydrogen) atoms. The second kappa shape index (κ2) is 10.9. The quantitative estimate of drug-likeness (QED) is 0.650. The van der Waals surface area contributed by atoms with Crippen molar-refractivity contribution in [1.82, 2.24) is 14.8 Å². The number of benzene rings is 1. The van der Waals surface area contributed by atoms with Gasteiger partial charge in [0.05, 0.1) is 5.56 Å². The highest BCUT2D eigenvalue weighted by atomic mass is 16.5. The van der Waals surface area contributed by atoms with E-state index < -0.39 is 0 Å². The zero-order chi connectivity index (χ0) is 23.1. The lowest BCUT2D eigenvalue weighted by atomic mass is 9.86. The molecule has 0 atom stereocenters. The molecule has 0 aliphatic carbocycles. The summed E-state index contributed by atoms with van der Waals surface area (Å²) in [7, 11) is 0. The van der Waals surface area contributed by atoms with Gasteiger partial charge in [-0.05, 0) is 30.5 Å². The van der Waals surface area contributed by atoms with Crippen molar-refractivity contribution in [3.63, 3.8) is 0 Å². The number of amides is 1. The van der Waals surface area contributed by atoms with Gasteiger partial charge in [-0.15, -0.1) is 0 Å². The van der Waals surface area contributed by atoms with E-state index in [0.717, 1.165) is 45.6 Å². The third kappa shape index (κ3) is 5.41. The number of nitriles is 1. The number of hydrogen-bond acceptors (Lipinski definition) is 6. The van der Waals surface area contributed by atoms with Crippen molar-refractivity contribution < 1.29 is 9.53 Å². The van der Waals surface area contributed by atoms with Crippen molar-refractivity contribution in [1.29, 1.82) is 5.26 Å². The maximum atomic E-state index is 13.1. The lowest BCUT2D eigenvalue weighted by Crippen LogP contribution is -2.63. The fraction of sp³-hybridized carbons (Fsp3) is 0.500. The molecule has 0 N–H and O–H groups in total. The van der Waals surface area contributed by atoms with Gasteiger partial charge in [-0.2, -0.15) is 5.26 Å². The highest BCUT2D eigenvalue weighted by molar-refractivity contribution is 5.93. The largest absolute Gasteiger partial charge is 0.381 e. The average Bonchev–Trinajstić information content (AvgIpc) is 2.88. The Balaban J connectivity index is 1.53. The Bertz CT molecular complexity index is 960. The lowest BCUT2D eigenvalue weighted by molar-refractivity contribution is -0.119. The molecular formula is C26H33N5O2. The third-order valence-corrected chi connectivity index (χ3v) is 6.93. The maximum Gasteiger partial charge on any atom is 0.227 e. The first-order valence-electron chi connectivity index (χ1n) is 11.9. The monoisotopic (exact) mass is 447 g/mol. The molecule has 0 spiro atoms. The number of carbonyl (C=O) groups excluding carboxylic acids is 1. The molecule has 4 rings (SSSR count). The van der Waals surface area contributed by atoms with Crippen LogP contribution in [0.15, 0.2) is 48.7 Å². The number of piperazine rings is 1. The predicted octanol–water partition coefficient (Wildman–Crippen LogP) is 3.06. The van der Waals surface area contributed by atoms with Crippen LogP contribution in [0.1, 0.15) is 37.3 Å². The fourth-order valence-electron chi connectivity index (χ4n) is 5.01. The third-order valence-electron chi connectivity index (χ3n) is 6.93. The minimum absolute atomic E-state index is 0.00113. The van der Waals surface area contributed by atoms with E-state index in [0.29, 0.717) is 37.6 Å². The molecule has 7 nitrogen and oxygen atoms in total. The molecule has 1 aromatic heterocycles. The Morgan fingerprint density at radius 2 is 1.85 bits per heavy atom. The first kappa shape index (κ1) is 23.4. The number of nitrogens with zero attached hydrogens (tertiary/aromatic N) is 5. The molecule has 0 radical (unpaired) electrons. The number of pyridine rings is 1. The summed E-state index contributed by atoms with van der Waals surface area (Å²) in [4.78, 5) is 24.3. The molecular weight excluding hydrogens is 414 g/mol. The van der Waals surface area contributed by atoms with Crippen molar-refractivity contribution in [3.8, 4) is 6.07 Å². The molecule has 3 heterocycles. The van der Waals surface area contributed by atoms with E-state index in [4.69, 9.17) is 4.74 Å². The minimum atomic E-state index is -0.174. The van der Waals surface area contributed by atoms with Gasteiger partial charge in [-0.3, -0.25) is 19.5 Å². The zero-order valence-corrected chi connectivity index (χ0v) is 19.4. The Morgan fingerprint density at radius 1 is 1.12 bits per heavy atom. The van der Waals surface area contributed by atoms with Gasteiger partial charge in [0.25, 0.3) is 0 Å². The van der Waals surface area contributed by atoms with Gasteiger partial charge in [0, 0.05) is 70.6 Å². The molecule has 2 aromatic rings. The van der Waals surface area contributed by atoms with Gasteiger partial charge < -0.3 is 4.74 Å². The normalized spacial score (nSPS) is 19.0. The fourth-order valence-corrected chi connectivity index (χ4v) is 5.01. The van der Waals surface area contributed by atoms with Crippen LogP contribution < -0.4 is 4.90 Å². The van der Waals surface area contributed by atoms with E-state index in [-0.39, 0.29) is 11.4 Å². The van der Waals surface area contributed by atoms with Crippen molar-refractivity contribution >= 4 is 11.7 Å². The summed E-state index contributed by atoms with van der Waals surface area (Å²) in [6.45, 7) is 8.63. The molecule has 2 aliphatic heterocycles. The van der Waals surface area contributed by atoms with Crippen LogP contribution in [0.4, 0.5) is 5.82 Å². The van der Waals surface area contributed by atoms with Crippen molar-refractivity contribution in [2.24, 2.45) is 0 Å². The summed E-state index contributed by atoms with van der Waals surface area (Å²) in [6, 6.07) is 16.3. The molecule has 0 saturated carbocycles. The number of anilines is 1. The summed E-state index contributed by atoms with van der Waals surface area (Å²) < 4.78 is 5.73. The van der Waals surface area contributed by atoms with Gasteiger partial charge >= 0.3 is 0 Å². The average molecular weight is 448 g/mol. The molecule has 2 fully saturated rings. The molecule has 2 saturated heterocycles. The second-order valence-electron chi connectivity index (χ2n) is 8.91. The molecule has 1 amide bonds. The van der Waals surface area contributed by atoms with Crippen LogP contribution in [0.25, 0.3) is 0 Å². The first-order valence-corrected chi connectivity index (χ1v) is 11.9. The highest BCUT2D eigenvalue weighted by Gasteiger charge is 2.42. The smallest absolute Gasteiger partial charge is 0.227 e. The van der Waals surface area contributed by atoms with Crippen molar-refractivity contribution in [3.05, 3.63) is 59.8 Å². The van der Waals surface area contributed by atoms with E-state index in [9.17, 15) is 10.1 Å². The van der Waals surface area contributed by atoms with Crippen LogP contribution in [0.2, 0.25) is 0 Å². The van der Waals surface area contributed by atoms with E-state index >= 15 is 0 Å². The number of hydrogen-bond donors (Lipinski definition) is 0. The molecule has 0 unspecified atom stereocenters. The summed E-state index contributed by atoms with van der Waals surface area (Å²) in [5, 5.41) is 9.63. The summed E-state index contributed by atoms with van der Waals surface area (Å²) in [6.07, 6.45) is 3.77. The van der Waals surface area contributed by atoms with Gasteiger partial charge in [-0.25, -0.2) is 4.98 Å². The topological polar surface area (TPSA) is 72.7 Å². The molecule has 174 valence electrons. The van der Waals surface area contributed by atoms with E-state index in [2.05, 4.69) is 51.2 Å². The maximum absolute atomic E-state index is 13.1. The van der Waals surface area contributed by atoms with Gasteiger partial charge in [0.15, 0.2) is 5.82 Å². The standard InChI is InChI=1S/C26H33N5O2/c1-2-24(32)31(25-23(19-27)9-6-12-28-25)21-26(10-17-33-18-11-26)30-15-13-29(14-16-30)20-22-7-4-3-5-8-22/h3-9,12H,2,10-11,13-18,20-21H2,1H3.